The predicted molar refractivity (Wildman–Crippen MR) is 69.9 cm³/mol. The van der Waals surface area contributed by atoms with Gasteiger partial charge in [-0.25, -0.2) is 0 Å². The van der Waals surface area contributed by atoms with E-state index >= 15 is 0 Å². The number of hydrogen-bond donors (Lipinski definition) is 0. The minimum atomic E-state index is -0.290. The van der Waals surface area contributed by atoms with Crippen molar-refractivity contribution in [1.29, 1.82) is 0 Å². The van der Waals surface area contributed by atoms with E-state index in [1.54, 1.807) is 31.2 Å². The van der Waals surface area contributed by atoms with Crippen molar-refractivity contribution in [3.63, 3.8) is 0 Å². The molecule has 0 aliphatic carbocycles. The van der Waals surface area contributed by atoms with Gasteiger partial charge in [0.25, 0.3) is 0 Å². The smallest absolute Gasteiger partial charge is 0.307 e. The first kappa shape index (κ1) is 13.9. The summed E-state index contributed by atoms with van der Waals surface area (Å²) in [6, 6.07) is 6.86. The molecule has 20 heavy (non-hydrogen) atoms. The van der Waals surface area contributed by atoms with Gasteiger partial charge in [-0.1, -0.05) is 24.3 Å². The summed E-state index contributed by atoms with van der Waals surface area (Å²) >= 11 is 0. The topological polar surface area (TPSA) is 87.0 Å². The fourth-order valence-electron chi connectivity index (χ4n) is 1.59. The molecule has 7 nitrogen and oxygen atoms in total. The van der Waals surface area contributed by atoms with Crippen LogP contribution in [-0.2, 0) is 16.1 Å². The van der Waals surface area contributed by atoms with Crippen LogP contribution in [0.4, 0.5) is 0 Å². The number of hydrogen-bond acceptors (Lipinski definition) is 6. The van der Waals surface area contributed by atoms with Gasteiger partial charge in [-0.3, -0.25) is 9.59 Å². The summed E-state index contributed by atoms with van der Waals surface area (Å²) in [7, 11) is 0. The van der Waals surface area contributed by atoms with Gasteiger partial charge in [0.05, 0.1) is 19.6 Å². The van der Waals surface area contributed by atoms with Gasteiger partial charge in [0.15, 0.2) is 0 Å². The number of nitrogens with zero attached hydrogens (tertiary/aromatic N) is 4. The molecule has 0 saturated carbocycles. The van der Waals surface area contributed by atoms with Crippen molar-refractivity contribution >= 4 is 12.3 Å². The Morgan fingerprint density at radius 3 is 2.75 bits per heavy atom. The molecule has 0 fully saturated rings. The molecule has 1 aromatic carbocycles. The molecular formula is C13H14N4O3. The van der Waals surface area contributed by atoms with E-state index in [1.165, 1.54) is 4.80 Å². The number of carbonyl (C=O) groups excluding carboxylic acids is 2. The summed E-state index contributed by atoms with van der Waals surface area (Å²) in [6.07, 6.45) is 0.973. The monoisotopic (exact) mass is 274 g/mol. The lowest BCUT2D eigenvalue weighted by atomic mass is 10.1. The molecule has 2 aromatic rings. The van der Waals surface area contributed by atoms with Crippen LogP contribution in [0.25, 0.3) is 11.4 Å². The minimum Gasteiger partial charge on any atom is -0.466 e. The highest BCUT2D eigenvalue weighted by Gasteiger charge is 2.08. The van der Waals surface area contributed by atoms with Gasteiger partial charge in [0.2, 0.25) is 5.82 Å². The Morgan fingerprint density at radius 2 is 2.10 bits per heavy atom. The quantitative estimate of drug-likeness (QED) is 0.579. The highest BCUT2D eigenvalue weighted by molar-refractivity contribution is 5.76. The zero-order valence-electron chi connectivity index (χ0n) is 11.0. The third-order valence-corrected chi connectivity index (χ3v) is 2.58. The van der Waals surface area contributed by atoms with Crippen LogP contribution in [0.2, 0.25) is 0 Å². The van der Waals surface area contributed by atoms with E-state index < -0.39 is 0 Å². The first-order valence-electron chi connectivity index (χ1n) is 6.22. The van der Waals surface area contributed by atoms with Gasteiger partial charge in [-0.15, -0.1) is 10.2 Å². The predicted octanol–water partition coefficient (Wildman–Crippen LogP) is 1.11. The van der Waals surface area contributed by atoms with Gasteiger partial charge in [0, 0.05) is 11.1 Å². The number of esters is 1. The molecule has 7 heteroatoms. The Balaban J connectivity index is 2.00. The molecular weight excluding hydrogens is 260 g/mol. The summed E-state index contributed by atoms with van der Waals surface area (Å²) in [5.74, 6) is 0.160. The average molecular weight is 274 g/mol. The molecule has 1 aromatic heterocycles. The van der Waals surface area contributed by atoms with Crippen LogP contribution in [-0.4, -0.2) is 39.1 Å². The van der Waals surface area contributed by atoms with E-state index in [1.807, 2.05) is 0 Å². The molecule has 0 atom stereocenters. The van der Waals surface area contributed by atoms with E-state index in [0.29, 0.717) is 24.5 Å². The summed E-state index contributed by atoms with van der Waals surface area (Å²) in [5, 5.41) is 11.9. The van der Waals surface area contributed by atoms with Gasteiger partial charge in [0.1, 0.15) is 6.29 Å². The number of aromatic nitrogens is 4. The Morgan fingerprint density at radius 1 is 1.35 bits per heavy atom. The fraction of sp³-hybridized carbons (Fsp3) is 0.308. The normalized spacial score (nSPS) is 10.2. The van der Waals surface area contributed by atoms with Crippen LogP contribution in [0, 0.1) is 0 Å². The SMILES string of the molecule is CCOC(=O)CCn1nnc(-c2ccc(C=O)cc2)n1. The molecule has 0 spiro atoms. The maximum Gasteiger partial charge on any atom is 0.307 e. The van der Waals surface area contributed by atoms with Crippen LogP contribution in [0.15, 0.2) is 24.3 Å². The van der Waals surface area contributed by atoms with Crippen molar-refractivity contribution < 1.29 is 14.3 Å². The maximum atomic E-state index is 11.2. The van der Waals surface area contributed by atoms with Gasteiger partial charge < -0.3 is 4.74 Å². The largest absolute Gasteiger partial charge is 0.466 e. The summed E-state index contributed by atoms with van der Waals surface area (Å²) in [6.45, 7) is 2.43. The van der Waals surface area contributed by atoms with E-state index in [2.05, 4.69) is 15.4 Å². The van der Waals surface area contributed by atoms with Crippen molar-refractivity contribution in [2.75, 3.05) is 6.61 Å². The lowest BCUT2D eigenvalue weighted by molar-refractivity contribution is -0.143. The first-order chi connectivity index (χ1) is 9.72. The third kappa shape index (κ3) is 3.47. The minimum absolute atomic E-state index is 0.202. The molecule has 0 amide bonds. The van der Waals surface area contributed by atoms with Crippen LogP contribution in [0.3, 0.4) is 0 Å². The Bertz CT molecular complexity index is 592. The third-order valence-electron chi connectivity index (χ3n) is 2.58. The average Bonchev–Trinajstić information content (AvgIpc) is 2.94. The summed E-state index contributed by atoms with van der Waals surface area (Å²) in [4.78, 5) is 23.1. The number of benzene rings is 1. The molecule has 1 heterocycles. The number of carbonyl (C=O) groups is 2. The molecule has 2 rings (SSSR count). The van der Waals surface area contributed by atoms with Crippen LogP contribution in [0.1, 0.15) is 23.7 Å². The second-order valence-electron chi connectivity index (χ2n) is 4.00. The molecule has 0 saturated heterocycles. The van der Waals surface area contributed by atoms with E-state index in [4.69, 9.17) is 4.74 Å². The van der Waals surface area contributed by atoms with Gasteiger partial charge >= 0.3 is 5.97 Å². The number of aryl methyl sites for hydroxylation is 1. The fourth-order valence-corrected chi connectivity index (χ4v) is 1.59. The summed E-state index contributed by atoms with van der Waals surface area (Å²) < 4.78 is 4.82. The van der Waals surface area contributed by atoms with E-state index in [9.17, 15) is 9.59 Å². The number of rotatable bonds is 6. The molecule has 0 bridgehead atoms. The molecule has 104 valence electrons. The molecule has 0 unspecified atom stereocenters. The lowest BCUT2D eigenvalue weighted by Crippen LogP contribution is -2.11. The summed E-state index contributed by atoms with van der Waals surface area (Å²) in [5.41, 5.74) is 1.35. The Hall–Kier alpha value is -2.57. The van der Waals surface area contributed by atoms with E-state index in [0.717, 1.165) is 11.8 Å². The number of tetrazole rings is 1. The Labute approximate surface area is 115 Å². The zero-order valence-corrected chi connectivity index (χ0v) is 11.0. The lowest BCUT2D eigenvalue weighted by Gasteiger charge is -2.00. The van der Waals surface area contributed by atoms with Crippen molar-refractivity contribution in [3.8, 4) is 11.4 Å². The van der Waals surface area contributed by atoms with Crippen LogP contribution >= 0.6 is 0 Å². The second kappa shape index (κ2) is 6.55. The molecule has 0 aliphatic rings. The first-order valence-corrected chi connectivity index (χ1v) is 6.22. The number of aldehydes is 1. The van der Waals surface area contributed by atoms with Crippen molar-refractivity contribution in [2.24, 2.45) is 0 Å². The molecule has 0 N–H and O–H groups in total. The van der Waals surface area contributed by atoms with E-state index in [-0.39, 0.29) is 12.4 Å². The van der Waals surface area contributed by atoms with Crippen molar-refractivity contribution in [1.82, 2.24) is 20.2 Å². The van der Waals surface area contributed by atoms with Gasteiger partial charge in [-0.2, -0.15) is 4.80 Å². The van der Waals surface area contributed by atoms with Crippen LogP contribution in [0.5, 0.6) is 0 Å². The highest BCUT2D eigenvalue weighted by Crippen LogP contribution is 2.13. The highest BCUT2D eigenvalue weighted by atomic mass is 16.5. The Kier molecular flexibility index (Phi) is 4.54. The second-order valence-corrected chi connectivity index (χ2v) is 4.00. The van der Waals surface area contributed by atoms with Gasteiger partial charge in [-0.05, 0) is 12.1 Å². The molecule has 0 aliphatic heterocycles. The molecule has 0 radical (unpaired) electrons. The number of ether oxygens (including phenoxy) is 1. The van der Waals surface area contributed by atoms with Crippen molar-refractivity contribution in [3.05, 3.63) is 29.8 Å². The maximum absolute atomic E-state index is 11.2. The standard InChI is InChI=1S/C13H14N4O3/c1-2-20-12(19)7-8-17-15-13(14-16-17)11-5-3-10(9-18)4-6-11/h3-6,9H,2,7-8H2,1H3. The zero-order chi connectivity index (χ0) is 14.4. The van der Waals surface area contributed by atoms with Crippen molar-refractivity contribution in [2.45, 2.75) is 19.9 Å². The van der Waals surface area contributed by atoms with Crippen LogP contribution < -0.4 is 0 Å².